The van der Waals surface area contributed by atoms with Gasteiger partial charge in [0.05, 0.1) is 11.1 Å². The van der Waals surface area contributed by atoms with Gasteiger partial charge in [-0.3, -0.25) is 25.0 Å². The summed E-state index contributed by atoms with van der Waals surface area (Å²) in [6.07, 6.45) is 0. The molecule has 0 radical (unpaired) electrons. The first-order valence-corrected chi connectivity index (χ1v) is 7.77. The zero-order valence-electron chi connectivity index (χ0n) is 12.3. The standard InChI is InChI=1S/C16H12BrN3O4/c17-11-6-2-1-5-10(11)15(22)19-18-14(21)9-20-12-7-3-4-8-13(12)24-16(20)23/h1-8H,9H2,(H,18,21)(H,19,22). The Hall–Kier alpha value is -2.87. The van der Waals surface area contributed by atoms with Gasteiger partial charge in [-0.05, 0) is 40.2 Å². The summed E-state index contributed by atoms with van der Waals surface area (Å²) in [6, 6.07) is 13.6. The van der Waals surface area contributed by atoms with E-state index in [1.54, 1.807) is 48.5 Å². The molecule has 0 spiro atoms. The number of benzene rings is 2. The fourth-order valence-electron chi connectivity index (χ4n) is 2.19. The zero-order chi connectivity index (χ0) is 17.1. The van der Waals surface area contributed by atoms with Gasteiger partial charge in [-0.25, -0.2) is 4.79 Å². The number of nitrogens with zero attached hydrogens (tertiary/aromatic N) is 1. The molecule has 0 fully saturated rings. The Morgan fingerprint density at radius 1 is 1.04 bits per heavy atom. The number of rotatable bonds is 3. The number of hydrogen-bond donors (Lipinski definition) is 2. The van der Waals surface area contributed by atoms with E-state index in [0.29, 0.717) is 21.1 Å². The van der Waals surface area contributed by atoms with Crippen molar-refractivity contribution in [2.24, 2.45) is 0 Å². The van der Waals surface area contributed by atoms with Crippen molar-refractivity contribution in [3.63, 3.8) is 0 Å². The van der Waals surface area contributed by atoms with Gasteiger partial charge in [-0.1, -0.05) is 24.3 Å². The summed E-state index contributed by atoms with van der Waals surface area (Å²) >= 11 is 3.26. The first-order valence-electron chi connectivity index (χ1n) is 6.98. The highest BCUT2D eigenvalue weighted by Crippen LogP contribution is 2.15. The fourth-order valence-corrected chi connectivity index (χ4v) is 2.65. The fraction of sp³-hybridized carbons (Fsp3) is 0.0625. The quantitative estimate of drug-likeness (QED) is 0.668. The maximum atomic E-state index is 12.0. The van der Waals surface area contributed by atoms with Crippen molar-refractivity contribution in [2.45, 2.75) is 6.54 Å². The third-order valence-corrected chi connectivity index (χ3v) is 4.00. The molecule has 0 aliphatic carbocycles. The molecular formula is C16H12BrN3O4. The number of carbonyl (C=O) groups excluding carboxylic acids is 2. The highest BCUT2D eigenvalue weighted by Gasteiger charge is 2.14. The molecule has 24 heavy (non-hydrogen) atoms. The number of hydrogen-bond acceptors (Lipinski definition) is 4. The molecule has 0 bridgehead atoms. The van der Waals surface area contributed by atoms with E-state index in [9.17, 15) is 14.4 Å². The number of fused-ring (bicyclic) bond motifs is 1. The largest absolute Gasteiger partial charge is 0.420 e. The molecule has 2 aromatic carbocycles. The van der Waals surface area contributed by atoms with E-state index in [1.165, 1.54) is 4.57 Å². The second-order valence-electron chi connectivity index (χ2n) is 4.90. The van der Waals surface area contributed by atoms with Crippen LogP contribution in [0, 0.1) is 0 Å². The lowest BCUT2D eigenvalue weighted by Crippen LogP contribution is -2.44. The third-order valence-electron chi connectivity index (χ3n) is 3.31. The molecule has 2 amide bonds. The topological polar surface area (TPSA) is 93.3 Å². The van der Waals surface area contributed by atoms with Crippen LogP contribution in [-0.4, -0.2) is 16.4 Å². The van der Waals surface area contributed by atoms with E-state index in [-0.39, 0.29) is 6.54 Å². The number of oxazole rings is 1. The molecule has 0 saturated carbocycles. The number of nitrogens with one attached hydrogen (secondary N) is 2. The first kappa shape index (κ1) is 16.0. The van der Waals surface area contributed by atoms with Crippen molar-refractivity contribution >= 4 is 38.8 Å². The molecule has 0 unspecified atom stereocenters. The summed E-state index contributed by atoms with van der Waals surface area (Å²) in [7, 11) is 0. The van der Waals surface area contributed by atoms with Crippen LogP contribution in [0.1, 0.15) is 10.4 Å². The van der Waals surface area contributed by atoms with E-state index < -0.39 is 17.6 Å². The maximum absolute atomic E-state index is 12.0. The van der Waals surface area contributed by atoms with Crippen LogP contribution in [0.2, 0.25) is 0 Å². The second kappa shape index (κ2) is 6.71. The minimum absolute atomic E-state index is 0.272. The van der Waals surface area contributed by atoms with E-state index in [1.807, 2.05) is 0 Å². The van der Waals surface area contributed by atoms with Crippen molar-refractivity contribution in [2.75, 3.05) is 0 Å². The molecular weight excluding hydrogens is 378 g/mol. The molecule has 7 nitrogen and oxygen atoms in total. The molecule has 1 aromatic heterocycles. The van der Waals surface area contributed by atoms with Crippen molar-refractivity contribution in [1.29, 1.82) is 0 Å². The molecule has 0 atom stereocenters. The maximum Gasteiger partial charge on any atom is 0.420 e. The molecule has 8 heteroatoms. The van der Waals surface area contributed by atoms with Crippen molar-refractivity contribution < 1.29 is 14.0 Å². The Morgan fingerprint density at radius 3 is 2.54 bits per heavy atom. The van der Waals surface area contributed by atoms with Crippen LogP contribution in [0.15, 0.2) is 62.2 Å². The minimum Gasteiger partial charge on any atom is -0.408 e. The monoisotopic (exact) mass is 389 g/mol. The average Bonchev–Trinajstić information content (AvgIpc) is 2.89. The van der Waals surface area contributed by atoms with Crippen molar-refractivity contribution in [3.05, 3.63) is 69.1 Å². The number of aromatic nitrogens is 1. The number of amides is 2. The highest BCUT2D eigenvalue weighted by molar-refractivity contribution is 9.10. The second-order valence-corrected chi connectivity index (χ2v) is 5.76. The Morgan fingerprint density at radius 2 is 1.75 bits per heavy atom. The SMILES string of the molecule is O=C(Cn1c(=O)oc2ccccc21)NNC(=O)c1ccccc1Br. The normalized spacial score (nSPS) is 10.5. The summed E-state index contributed by atoms with van der Waals surface area (Å²) in [4.78, 5) is 35.8. The Bertz CT molecular complexity index is 977. The summed E-state index contributed by atoms with van der Waals surface area (Å²) in [6.45, 7) is -0.272. The Balaban J connectivity index is 1.68. The predicted molar refractivity (Wildman–Crippen MR) is 90.2 cm³/mol. The smallest absolute Gasteiger partial charge is 0.408 e. The minimum atomic E-state index is -0.636. The molecule has 1 heterocycles. The molecule has 3 rings (SSSR count). The van der Waals surface area contributed by atoms with Crippen LogP contribution >= 0.6 is 15.9 Å². The first-order chi connectivity index (χ1) is 11.6. The van der Waals surface area contributed by atoms with Gasteiger partial charge in [0.2, 0.25) is 0 Å². The third kappa shape index (κ3) is 3.23. The molecule has 2 N–H and O–H groups in total. The van der Waals surface area contributed by atoms with Gasteiger partial charge < -0.3 is 4.42 Å². The van der Waals surface area contributed by atoms with E-state index in [2.05, 4.69) is 26.8 Å². The number of hydrazine groups is 1. The summed E-state index contributed by atoms with van der Waals surface area (Å²) in [5.41, 5.74) is 5.87. The van der Waals surface area contributed by atoms with Crippen molar-refractivity contribution in [3.8, 4) is 0 Å². The number of carbonyl (C=O) groups is 2. The molecule has 0 aliphatic rings. The lowest BCUT2D eigenvalue weighted by atomic mass is 10.2. The van der Waals surface area contributed by atoms with Gasteiger partial charge in [-0.2, -0.15) is 0 Å². The Labute approximate surface area is 144 Å². The van der Waals surface area contributed by atoms with Crippen molar-refractivity contribution in [1.82, 2.24) is 15.4 Å². The van der Waals surface area contributed by atoms with Crippen LogP contribution in [0.5, 0.6) is 0 Å². The lowest BCUT2D eigenvalue weighted by molar-refractivity contribution is -0.122. The molecule has 0 aliphatic heterocycles. The van der Waals surface area contributed by atoms with Gasteiger partial charge in [0.25, 0.3) is 11.8 Å². The van der Waals surface area contributed by atoms with Gasteiger partial charge in [0, 0.05) is 4.47 Å². The summed E-state index contributed by atoms with van der Waals surface area (Å²) in [5.74, 6) is -1.66. The summed E-state index contributed by atoms with van der Waals surface area (Å²) in [5, 5.41) is 0. The van der Waals surface area contributed by atoms with E-state index >= 15 is 0 Å². The van der Waals surface area contributed by atoms with Crippen LogP contribution in [0.4, 0.5) is 0 Å². The molecule has 3 aromatic rings. The highest BCUT2D eigenvalue weighted by atomic mass is 79.9. The van der Waals surface area contributed by atoms with Crippen LogP contribution in [-0.2, 0) is 11.3 Å². The van der Waals surface area contributed by atoms with Crippen LogP contribution in [0.25, 0.3) is 11.1 Å². The lowest BCUT2D eigenvalue weighted by Gasteiger charge is -2.08. The molecule has 122 valence electrons. The van der Waals surface area contributed by atoms with Gasteiger partial charge >= 0.3 is 5.76 Å². The number of para-hydroxylation sites is 2. The summed E-state index contributed by atoms with van der Waals surface area (Å²) < 4.78 is 6.84. The molecule has 0 saturated heterocycles. The average molecular weight is 390 g/mol. The zero-order valence-corrected chi connectivity index (χ0v) is 13.9. The van der Waals surface area contributed by atoms with E-state index in [0.717, 1.165) is 0 Å². The van der Waals surface area contributed by atoms with Crippen LogP contribution < -0.4 is 16.6 Å². The van der Waals surface area contributed by atoms with Gasteiger partial charge in [-0.15, -0.1) is 0 Å². The van der Waals surface area contributed by atoms with Gasteiger partial charge in [0.1, 0.15) is 6.54 Å². The van der Waals surface area contributed by atoms with Gasteiger partial charge in [0.15, 0.2) is 5.58 Å². The predicted octanol–water partition coefficient (Wildman–Crippen LogP) is 1.82. The van der Waals surface area contributed by atoms with Crippen LogP contribution in [0.3, 0.4) is 0 Å². The Kier molecular flexibility index (Phi) is 4.48. The number of halogens is 1. The van der Waals surface area contributed by atoms with E-state index in [4.69, 9.17) is 4.42 Å².